The molecule has 22 heavy (non-hydrogen) atoms. The van der Waals surface area contributed by atoms with Crippen molar-refractivity contribution in [3.8, 4) is 5.75 Å². The Hall–Kier alpha value is -1.75. The average molecular weight is 306 g/mol. The van der Waals surface area contributed by atoms with Crippen molar-refractivity contribution in [2.75, 3.05) is 7.11 Å². The molecular formula is C17H26N2O3. The van der Waals surface area contributed by atoms with Gasteiger partial charge in [0.25, 0.3) is 0 Å². The number of benzene rings is 1. The van der Waals surface area contributed by atoms with E-state index in [1.165, 1.54) is 5.56 Å². The normalized spacial score (nSPS) is 17.9. The van der Waals surface area contributed by atoms with Gasteiger partial charge in [0.1, 0.15) is 11.4 Å². The quantitative estimate of drug-likeness (QED) is 0.912. The fourth-order valence-corrected chi connectivity index (χ4v) is 2.74. The van der Waals surface area contributed by atoms with Crippen LogP contribution in [0.4, 0.5) is 4.79 Å². The third-order valence-electron chi connectivity index (χ3n) is 3.84. The van der Waals surface area contributed by atoms with E-state index in [2.05, 4.69) is 6.07 Å². The van der Waals surface area contributed by atoms with Crippen molar-refractivity contribution in [2.24, 2.45) is 5.73 Å². The fourth-order valence-electron chi connectivity index (χ4n) is 2.74. The fraction of sp³-hybridized carbons (Fsp3) is 0.588. The highest BCUT2D eigenvalue weighted by atomic mass is 16.6. The number of hydrogen-bond donors (Lipinski definition) is 1. The minimum absolute atomic E-state index is 0.0985. The molecule has 122 valence electrons. The van der Waals surface area contributed by atoms with E-state index in [9.17, 15) is 4.79 Å². The van der Waals surface area contributed by atoms with Crippen LogP contribution in [0.5, 0.6) is 5.75 Å². The van der Waals surface area contributed by atoms with Gasteiger partial charge >= 0.3 is 6.09 Å². The standard InChI is InChI=1S/C17H26N2O3/c1-11-6-12-7-13(9-18)15(21-5)8-14(12)10-19(11)16(20)22-17(2,3)4/h7-8,11H,6,9-10,18H2,1-5H3. The maximum absolute atomic E-state index is 12.4. The lowest BCUT2D eigenvalue weighted by molar-refractivity contribution is 0.0138. The summed E-state index contributed by atoms with van der Waals surface area (Å²) in [5, 5.41) is 0. The van der Waals surface area contributed by atoms with Gasteiger partial charge in [-0.25, -0.2) is 4.79 Å². The van der Waals surface area contributed by atoms with Crippen molar-refractivity contribution in [1.82, 2.24) is 4.90 Å². The zero-order valence-electron chi connectivity index (χ0n) is 14.1. The average Bonchev–Trinajstić information content (AvgIpc) is 2.43. The Kier molecular flexibility index (Phi) is 4.66. The van der Waals surface area contributed by atoms with E-state index in [-0.39, 0.29) is 12.1 Å². The third-order valence-corrected chi connectivity index (χ3v) is 3.84. The van der Waals surface area contributed by atoms with Gasteiger partial charge in [-0.1, -0.05) is 6.07 Å². The number of fused-ring (bicyclic) bond motifs is 1. The smallest absolute Gasteiger partial charge is 0.410 e. The molecule has 1 unspecified atom stereocenters. The summed E-state index contributed by atoms with van der Waals surface area (Å²) in [6, 6.07) is 4.18. The Morgan fingerprint density at radius 3 is 2.59 bits per heavy atom. The van der Waals surface area contributed by atoms with Crippen LogP contribution in [0.1, 0.15) is 44.4 Å². The van der Waals surface area contributed by atoms with E-state index >= 15 is 0 Å². The Morgan fingerprint density at radius 2 is 2.05 bits per heavy atom. The number of nitrogens with zero attached hydrogens (tertiary/aromatic N) is 1. The van der Waals surface area contributed by atoms with Crippen molar-refractivity contribution >= 4 is 6.09 Å². The molecule has 1 aliphatic rings. The topological polar surface area (TPSA) is 64.8 Å². The molecule has 0 aliphatic carbocycles. The number of carbonyl (C=O) groups excluding carboxylic acids is 1. The van der Waals surface area contributed by atoms with Crippen LogP contribution in [0.3, 0.4) is 0 Å². The van der Waals surface area contributed by atoms with Crippen molar-refractivity contribution < 1.29 is 14.3 Å². The molecule has 0 spiro atoms. The van der Waals surface area contributed by atoms with Gasteiger partial charge in [0.2, 0.25) is 0 Å². The first kappa shape index (κ1) is 16.6. The summed E-state index contributed by atoms with van der Waals surface area (Å²) in [7, 11) is 1.64. The maximum Gasteiger partial charge on any atom is 0.410 e. The van der Waals surface area contributed by atoms with Crippen LogP contribution in [-0.2, 0) is 24.2 Å². The lowest BCUT2D eigenvalue weighted by Gasteiger charge is -2.36. The molecule has 0 saturated carbocycles. The van der Waals surface area contributed by atoms with Gasteiger partial charge in [0, 0.05) is 24.7 Å². The highest BCUT2D eigenvalue weighted by Crippen LogP contribution is 2.30. The summed E-state index contributed by atoms with van der Waals surface area (Å²) < 4.78 is 10.9. The molecule has 1 atom stereocenters. The van der Waals surface area contributed by atoms with E-state index in [0.717, 1.165) is 23.3 Å². The van der Waals surface area contributed by atoms with Gasteiger partial charge in [-0.05, 0) is 51.3 Å². The minimum atomic E-state index is -0.488. The molecule has 0 bridgehead atoms. The number of rotatable bonds is 2. The molecule has 0 saturated heterocycles. The molecule has 1 amide bonds. The van der Waals surface area contributed by atoms with Gasteiger partial charge in [0.05, 0.1) is 7.11 Å². The number of methoxy groups -OCH3 is 1. The van der Waals surface area contributed by atoms with Crippen molar-refractivity contribution in [2.45, 2.75) is 58.8 Å². The van der Waals surface area contributed by atoms with E-state index in [4.69, 9.17) is 15.2 Å². The van der Waals surface area contributed by atoms with Gasteiger partial charge in [0.15, 0.2) is 0 Å². The predicted octanol–water partition coefficient (Wildman–Crippen LogP) is 2.84. The van der Waals surface area contributed by atoms with E-state index < -0.39 is 5.60 Å². The summed E-state index contributed by atoms with van der Waals surface area (Å²) in [5.74, 6) is 0.778. The molecule has 2 N–H and O–H groups in total. The van der Waals surface area contributed by atoms with E-state index in [1.807, 2.05) is 33.8 Å². The lowest BCUT2D eigenvalue weighted by atomic mass is 9.92. The first-order valence-electron chi connectivity index (χ1n) is 7.63. The van der Waals surface area contributed by atoms with E-state index in [0.29, 0.717) is 13.1 Å². The monoisotopic (exact) mass is 306 g/mol. The molecule has 5 nitrogen and oxygen atoms in total. The summed E-state index contributed by atoms with van der Waals surface area (Å²) in [6.45, 7) is 8.66. The summed E-state index contributed by atoms with van der Waals surface area (Å²) in [4.78, 5) is 14.1. The van der Waals surface area contributed by atoms with Crippen LogP contribution in [-0.4, -0.2) is 29.7 Å². The Balaban J connectivity index is 2.27. The summed E-state index contributed by atoms with van der Waals surface area (Å²) in [6.07, 6.45) is 0.526. The zero-order chi connectivity index (χ0) is 16.5. The Bertz CT molecular complexity index is 564. The molecule has 1 aliphatic heterocycles. The number of amides is 1. The van der Waals surface area contributed by atoms with Crippen LogP contribution >= 0.6 is 0 Å². The Labute approximate surface area is 132 Å². The molecule has 0 aromatic heterocycles. The summed E-state index contributed by atoms with van der Waals surface area (Å²) >= 11 is 0. The van der Waals surface area contributed by atoms with Gasteiger partial charge in [-0.15, -0.1) is 0 Å². The lowest BCUT2D eigenvalue weighted by Crippen LogP contribution is -2.45. The van der Waals surface area contributed by atoms with Crippen molar-refractivity contribution in [1.29, 1.82) is 0 Å². The molecule has 5 heteroatoms. The molecule has 2 rings (SSSR count). The second kappa shape index (κ2) is 6.16. The number of carbonyl (C=O) groups is 1. The van der Waals surface area contributed by atoms with Crippen LogP contribution in [0.15, 0.2) is 12.1 Å². The largest absolute Gasteiger partial charge is 0.496 e. The van der Waals surface area contributed by atoms with Crippen LogP contribution in [0, 0.1) is 0 Å². The van der Waals surface area contributed by atoms with Crippen molar-refractivity contribution in [3.05, 3.63) is 28.8 Å². The number of ether oxygens (including phenoxy) is 2. The maximum atomic E-state index is 12.4. The molecule has 1 aromatic carbocycles. The van der Waals surface area contributed by atoms with Gasteiger partial charge in [-0.3, -0.25) is 0 Å². The van der Waals surface area contributed by atoms with Crippen LogP contribution in [0.25, 0.3) is 0 Å². The first-order chi connectivity index (χ1) is 10.2. The minimum Gasteiger partial charge on any atom is -0.496 e. The van der Waals surface area contributed by atoms with Crippen molar-refractivity contribution in [3.63, 3.8) is 0 Å². The molecule has 1 aromatic rings. The summed E-state index contributed by atoms with van der Waals surface area (Å²) in [5.41, 5.74) is 8.61. The third kappa shape index (κ3) is 3.53. The van der Waals surface area contributed by atoms with E-state index in [1.54, 1.807) is 12.0 Å². The molecule has 1 heterocycles. The zero-order valence-corrected chi connectivity index (χ0v) is 14.1. The highest BCUT2D eigenvalue weighted by molar-refractivity contribution is 5.69. The number of nitrogens with two attached hydrogens (primary N) is 1. The first-order valence-corrected chi connectivity index (χ1v) is 7.63. The molecule has 0 fully saturated rings. The second-order valence-electron chi connectivity index (χ2n) is 6.80. The predicted molar refractivity (Wildman–Crippen MR) is 85.8 cm³/mol. The molecule has 0 radical (unpaired) electrons. The van der Waals surface area contributed by atoms with Crippen LogP contribution in [0.2, 0.25) is 0 Å². The van der Waals surface area contributed by atoms with Crippen LogP contribution < -0.4 is 10.5 Å². The molecular weight excluding hydrogens is 280 g/mol. The number of hydrogen-bond acceptors (Lipinski definition) is 4. The van der Waals surface area contributed by atoms with Gasteiger partial charge < -0.3 is 20.1 Å². The highest BCUT2D eigenvalue weighted by Gasteiger charge is 2.31. The Morgan fingerprint density at radius 1 is 1.36 bits per heavy atom. The van der Waals surface area contributed by atoms with Gasteiger partial charge in [-0.2, -0.15) is 0 Å². The second-order valence-corrected chi connectivity index (χ2v) is 6.80. The SMILES string of the molecule is COc1cc2c(cc1CN)CC(C)N(C(=O)OC(C)(C)C)C2.